The molecule has 0 N–H and O–H groups in total. The molecule has 0 amide bonds. The Morgan fingerprint density at radius 2 is 2.12 bits per heavy atom. The van der Waals surface area contributed by atoms with Gasteiger partial charge in [-0.1, -0.05) is 20.8 Å². The average Bonchev–Trinajstić information content (AvgIpc) is 2.55. The van der Waals surface area contributed by atoms with Crippen LogP contribution in [0.15, 0.2) is 6.07 Å². The topological polar surface area (TPSA) is 17.8 Å². The van der Waals surface area contributed by atoms with E-state index in [0.717, 1.165) is 25.7 Å². The summed E-state index contributed by atoms with van der Waals surface area (Å²) in [5.41, 5.74) is 2.47. The van der Waals surface area contributed by atoms with E-state index in [1.54, 1.807) is 0 Å². The highest BCUT2D eigenvalue weighted by atomic mass is 35.5. The molecule has 0 aliphatic rings. The molecule has 3 heteroatoms. The maximum Gasteiger partial charge on any atom is 0.0624 e. The average molecular weight is 243 g/mol. The largest absolute Gasteiger partial charge is 0.272 e. The summed E-state index contributed by atoms with van der Waals surface area (Å²) in [4.78, 5) is 0. The Bertz CT molecular complexity index is 318. The molecule has 0 aliphatic heterocycles. The van der Waals surface area contributed by atoms with Crippen LogP contribution in [0.4, 0.5) is 0 Å². The van der Waals surface area contributed by atoms with Crippen molar-refractivity contribution in [2.24, 2.45) is 13.0 Å². The monoisotopic (exact) mass is 242 g/mol. The Morgan fingerprint density at radius 3 is 2.62 bits per heavy atom. The highest BCUT2D eigenvalue weighted by Crippen LogP contribution is 2.17. The van der Waals surface area contributed by atoms with E-state index < -0.39 is 0 Å². The summed E-state index contributed by atoms with van der Waals surface area (Å²) >= 11 is 6.29. The lowest BCUT2D eigenvalue weighted by Crippen LogP contribution is -2.07. The van der Waals surface area contributed by atoms with E-state index in [0.29, 0.717) is 11.3 Å². The van der Waals surface area contributed by atoms with E-state index >= 15 is 0 Å². The number of aromatic nitrogens is 2. The molecule has 1 heterocycles. The molecule has 1 unspecified atom stereocenters. The summed E-state index contributed by atoms with van der Waals surface area (Å²) in [6, 6.07) is 2.19. The molecule has 0 aromatic carbocycles. The summed E-state index contributed by atoms with van der Waals surface area (Å²) in [7, 11) is 2.01. The standard InChI is InChI=1S/C13H23ClN2/c1-5-12-9-13(16(4)15-12)7-6-11(14)8-10(2)3/h9-11H,5-8H2,1-4H3. The molecule has 0 saturated carbocycles. The van der Waals surface area contributed by atoms with Crippen molar-refractivity contribution >= 4 is 11.6 Å². The second-order valence-electron chi connectivity index (χ2n) is 4.87. The number of nitrogens with zero attached hydrogens (tertiary/aromatic N) is 2. The van der Waals surface area contributed by atoms with Crippen LogP contribution < -0.4 is 0 Å². The Kier molecular flexibility index (Phi) is 5.33. The molecule has 16 heavy (non-hydrogen) atoms. The smallest absolute Gasteiger partial charge is 0.0624 e. The summed E-state index contributed by atoms with van der Waals surface area (Å²) in [5.74, 6) is 0.681. The van der Waals surface area contributed by atoms with Crippen molar-refractivity contribution in [2.45, 2.75) is 51.8 Å². The zero-order valence-corrected chi connectivity index (χ0v) is 11.6. The minimum absolute atomic E-state index is 0.292. The first-order chi connectivity index (χ1) is 7.52. The second-order valence-corrected chi connectivity index (χ2v) is 5.49. The van der Waals surface area contributed by atoms with Gasteiger partial charge in [-0.3, -0.25) is 4.68 Å². The molecular formula is C13H23ClN2. The lowest BCUT2D eigenvalue weighted by Gasteiger charge is -2.11. The van der Waals surface area contributed by atoms with E-state index in [2.05, 4.69) is 31.9 Å². The van der Waals surface area contributed by atoms with Crippen molar-refractivity contribution in [3.63, 3.8) is 0 Å². The van der Waals surface area contributed by atoms with Crippen LogP contribution >= 0.6 is 11.6 Å². The molecule has 0 radical (unpaired) electrons. The van der Waals surface area contributed by atoms with Crippen molar-refractivity contribution in [3.05, 3.63) is 17.5 Å². The highest BCUT2D eigenvalue weighted by molar-refractivity contribution is 6.20. The van der Waals surface area contributed by atoms with Gasteiger partial charge >= 0.3 is 0 Å². The molecule has 1 rings (SSSR count). The van der Waals surface area contributed by atoms with Gasteiger partial charge in [0.2, 0.25) is 0 Å². The lowest BCUT2D eigenvalue weighted by molar-refractivity contribution is 0.538. The lowest BCUT2D eigenvalue weighted by atomic mass is 10.0. The fourth-order valence-electron chi connectivity index (χ4n) is 1.91. The molecule has 0 fully saturated rings. The van der Waals surface area contributed by atoms with E-state index in [4.69, 9.17) is 11.6 Å². The van der Waals surface area contributed by atoms with Gasteiger partial charge < -0.3 is 0 Å². The Balaban J connectivity index is 2.44. The van der Waals surface area contributed by atoms with E-state index in [9.17, 15) is 0 Å². The molecule has 1 atom stereocenters. The van der Waals surface area contributed by atoms with Crippen LogP contribution in [0.2, 0.25) is 0 Å². The van der Waals surface area contributed by atoms with E-state index in [1.807, 2.05) is 11.7 Å². The van der Waals surface area contributed by atoms with Crippen molar-refractivity contribution in [1.29, 1.82) is 0 Å². The van der Waals surface area contributed by atoms with Gasteiger partial charge in [-0.15, -0.1) is 11.6 Å². The highest BCUT2D eigenvalue weighted by Gasteiger charge is 2.10. The molecule has 1 aromatic heterocycles. The van der Waals surface area contributed by atoms with Crippen LogP contribution in [0.1, 0.15) is 45.0 Å². The van der Waals surface area contributed by atoms with Gasteiger partial charge in [-0.25, -0.2) is 0 Å². The van der Waals surface area contributed by atoms with Crippen LogP contribution in [0, 0.1) is 5.92 Å². The van der Waals surface area contributed by atoms with Gasteiger partial charge in [-0.05, 0) is 37.7 Å². The zero-order chi connectivity index (χ0) is 12.1. The Labute approximate surface area is 104 Å². The van der Waals surface area contributed by atoms with Crippen molar-refractivity contribution < 1.29 is 0 Å². The maximum absolute atomic E-state index is 6.29. The number of aryl methyl sites for hydroxylation is 3. The Morgan fingerprint density at radius 1 is 1.44 bits per heavy atom. The van der Waals surface area contributed by atoms with Gasteiger partial charge in [0.25, 0.3) is 0 Å². The zero-order valence-electron chi connectivity index (χ0n) is 10.8. The van der Waals surface area contributed by atoms with Gasteiger partial charge in [0.05, 0.1) is 5.69 Å². The van der Waals surface area contributed by atoms with Gasteiger partial charge in [0.1, 0.15) is 0 Å². The minimum Gasteiger partial charge on any atom is -0.272 e. The quantitative estimate of drug-likeness (QED) is 0.698. The van der Waals surface area contributed by atoms with Crippen molar-refractivity contribution in [3.8, 4) is 0 Å². The summed E-state index contributed by atoms with van der Waals surface area (Å²) in [5, 5.41) is 4.73. The summed E-state index contributed by atoms with van der Waals surface area (Å²) in [6.45, 7) is 6.57. The van der Waals surface area contributed by atoms with E-state index in [1.165, 1.54) is 11.4 Å². The molecule has 0 bridgehead atoms. The van der Waals surface area contributed by atoms with Crippen LogP contribution in [0.25, 0.3) is 0 Å². The maximum atomic E-state index is 6.29. The third-order valence-electron chi connectivity index (χ3n) is 2.83. The van der Waals surface area contributed by atoms with Gasteiger partial charge in [0, 0.05) is 18.1 Å². The van der Waals surface area contributed by atoms with E-state index in [-0.39, 0.29) is 0 Å². The third-order valence-corrected chi connectivity index (χ3v) is 3.23. The number of hydrogen-bond donors (Lipinski definition) is 0. The molecule has 0 saturated heterocycles. The minimum atomic E-state index is 0.292. The summed E-state index contributed by atoms with van der Waals surface area (Å²) < 4.78 is 1.98. The normalized spacial score (nSPS) is 13.4. The van der Waals surface area contributed by atoms with Crippen molar-refractivity contribution in [1.82, 2.24) is 9.78 Å². The van der Waals surface area contributed by atoms with Crippen LogP contribution in [0.3, 0.4) is 0 Å². The van der Waals surface area contributed by atoms with Crippen molar-refractivity contribution in [2.75, 3.05) is 0 Å². The number of rotatable bonds is 6. The predicted molar refractivity (Wildman–Crippen MR) is 70.0 cm³/mol. The fraction of sp³-hybridized carbons (Fsp3) is 0.769. The van der Waals surface area contributed by atoms with Crippen LogP contribution in [-0.2, 0) is 19.9 Å². The van der Waals surface area contributed by atoms with Crippen LogP contribution in [0.5, 0.6) is 0 Å². The molecular weight excluding hydrogens is 220 g/mol. The Hall–Kier alpha value is -0.500. The molecule has 0 spiro atoms. The van der Waals surface area contributed by atoms with Gasteiger partial charge in [0.15, 0.2) is 0 Å². The first kappa shape index (κ1) is 13.6. The number of alkyl halides is 1. The SMILES string of the molecule is CCc1cc(CCC(Cl)CC(C)C)n(C)n1. The second kappa shape index (κ2) is 6.29. The first-order valence-electron chi connectivity index (χ1n) is 6.18. The fourth-order valence-corrected chi connectivity index (χ4v) is 2.38. The van der Waals surface area contributed by atoms with Gasteiger partial charge in [-0.2, -0.15) is 5.10 Å². The summed E-state index contributed by atoms with van der Waals surface area (Å²) in [6.07, 6.45) is 4.18. The number of halogens is 1. The first-order valence-corrected chi connectivity index (χ1v) is 6.62. The molecule has 92 valence electrons. The number of hydrogen-bond acceptors (Lipinski definition) is 1. The van der Waals surface area contributed by atoms with Crippen LogP contribution in [-0.4, -0.2) is 15.2 Å². The molecule has 0 aliphatic carbocycles. The molecule has 1 aromatic rings. The predicted octanol–water partition coefficient (Wildman–Crippen LogP) is 3.57. The molecule has 2 nitrogen and oxygen atoms in total. The third kappa shape index (κ3) is 4.17.